The summed E-state index contributed by atoms with van der Waals surface area (Å²) in [7, 11) is 0. The molecule has 110 valence electrons. The van der Waals surface area contributed by atoms with Gasteiger partial charge in [0, 0.05) is 19.3 Å². The summed E-state index contributed by atoms with van der Waals surface area (Å²) in [5.41, 5.74) is 0. The Morgan fingerprint density at radius 2 is 1.95 bits per heavy atom. The SMILES string of the molecule is CC(C)COCCCNC1CC2CC1C1CCCC21. The summed E-state index contributed by atoms with van der Waals surface area (Å²) in [5, 5.41) is 3.83. The lowest BCUT2D eigenvalue weighted by atomic mass is 9.79. The molecule has 1 N–H and O–H groups in total. The Kier molecular flexibility index (Phi) is 4.48. The fourth-order valence-electron chi connectivity index (χ4n) is 5.08. The van der Waals surface area contributed by atoms with Crippen LogP contribution in [0.2, 0.25) is 0 Å². The third kappa shape index (κ3) is 3.00. The quantitative estimate of drug-likeness (QED) is 0.712. The van der Waals surface area contributed by atoms with Crippen molar-refractivity contribution in [3.05, 3.63) is 0 Å². The maximum atomic E-state index is 5.65. The van der Waals surface area contributed by atoms with Crippen molar-refractivity contribution in [2.24, 2.45) is 29.6 Å². The van der Waals surface area contributed by atoms with Gasteiger partial charge in [-0.1, -0.05) is 20.3 Å². The van der Waals surface area contributed by atoms with Crippen LogP contribution in [0.1, 0.15) is 52.4 Å². The molecule has 2 bridgehead atoms. The average Bonchev–Trinajstić information content (AvgIpc) is 3.04. The van der Waals surface area contributed by atoms with E-state index in [-0.39, 0.29) is 0 Å². The minimum absolute atomic E-state index is 0.665. The van der Waals surface area contributed by atoms with E-state index in [4.69, 9.17) is 4.74 Å². The van der Waals surface area contributed by atoms with Crippen molar-refractivity contribution in [3.8, 4) is 0 Å². The molecule has 0 aliphatic heterocycles. The summed E-state index contributed by atoms with van der Waals surface area (Å²) in [6.45, 7) is 7.43. The van der Waals surface area contributed by atoms with E-state index in [1.54, 1.807) is 6.42 Å². The molecular weight excluding hydrogens is 234 g/mol. The van der Waals surface area contributed by atoms with Crippen molar-refractivity contribution < 1.29 is 4.74 Å². The second kappa shape index (κ2) is 6.13. The lowest BCUT2D eigenvalue weighted by Gasteiger charge is -2.32. The first-order chi connectivity index (χ1) is 9.25. The van der Waals surface area contributed by atoms with Gasteiger partial charge in [-0.2, -0.15) is 0 Å². The summed E-state index contributed by atoms with van der Waals surface area (Å²) in [5.74, 6) is 4.98. The van der Waals surface area contributed by atoms with E-state index in [2.05, 4.69) is 19.2 Å². The Hall–Kier alpha value is -0.0800. The highest BCUT2D eigenvalue weighted by Crippen LogP contribution is 2.58. The van der Waals surface area contributed by atoms with Crippen LogP contribution in [-0.2, 0) is 4.74 Å². The molecule has 19 heavy (non-hydrogen) atoms. The number of hydrogen-bond donors (Lipinski definition) is 1. The first kappa shape index (κ1) is 13.9. The highest BCUT2D eigenvalue weighted by Gasteiger charge is 2.53. The molecule has 0 saturated heterocycles. The zero-order chi connectivity index (χ0) is 13.2. The number of nitrogens with one attached hydrogen (secondary N) is 1. The van der Waals surface area contributed by atoms with Gasteiger partial charge in [-0.3, -0.25) is 0 Å². The second-order valence-corrected chi connectivity index (χ2v) is 7.54. The van der Waals surface area contributed by atoms with E-state index in [1.165, 1.54) is 32.1 Å². The first-order valence-electron chi connectivity index (χ1n) is 8.57. The van der Waals surface area contributed by atoms with Crippen molar-refractivity contribution >= 4 is 0 Å². The molecule has 0 heterocycles. The average molecular weight is 265 g/mol. The van der Waals surface area contributed by atoms with Crippen molar-refractivity contribution in [2.75, 3.05) is 19.8 Å². The molecule has 5 unspecified atom stereocenters. The summed E-state index contributed by atoms with van der Waals surface area (Å²) < 4.78 is 5.65. The van der Waals surface area contributed by atoms with Crippen LogP contribution < -0.4 is 5.32 Å². The van der Waals surface area contributed by atoms with Gasteiger partial charge in [0.05, 0.1) is 0 Å². The van der Waals surface area contributed by atoms with Gasteiger partial charge in [-0.15, -0.1) is 0 Å². The van der Waals surface area contributed by atoms with Gasteiger partial charge in [-0.05, 0) is 68.2 Å². The zero-order valence-corrected chi connectivity index (χ0v) is 12.7. The molecule has 2 heteroatoms. The standard InChI is InChI=1S/C17H31NO/c1-12(2)11-19-8-4-7-18-17-10-13-9-16(17)15-6-3-5-14(13)15/h12-18H,3-11H2,1-2H3. The van der Waals surface area contributed by atoms with Crippen molar-refractivity contribution in [1.82, 2.24) is 5.32 Å². The Morgan fingerprint density at radius 1 is 1.11 bits per heavy atom. The highest BCUT2D eigenvalue weighted by atomic mass is 16.5. The van der Waals surface area contributed by atoms with Crippen LogP contribution in [0.5, 0.6) is 0 Å². The van der Waals surface area contributed by atoms with Crippen LogP contribution in [-0.4, -0.2) is 25.8 Å². The number of hydrogen-bond acceptors (Lipinski definition) is 2. The molecule has 0 spiro atoms. The smallest absolute Gasteiger partial charge is 0.0489 e. The van der Waals surface area contributed by atoms with E-state index in [9.17, 15) is 0 Å². The van der Waals surface area contributed by atoms with Crippen molar-refractivity contribution in [2.45, 2.75) is 58.4 Å². The molecule has 0 aromatic carbocycles. The summed E-state index contributed by atoms with van der Waals surface area (Å²) in [6.07, 6.45) is 8.77. The molecule has 3 rings (SSSR count). The van der Waals surface area contributed by atoms with Gasteiger partial charge >= 0.3 is 0 Å². The van der Waals surface area contributed by atoms with E-state index in [1.807, 2.05) is 0 Å². The predicted octanol–water partition coefficient (Wildman–Crippen LogP) is 3.46. The van der Waals surface area contributed by atoms with Gasteiger partial charge in [0.1, 0.15) is 0 Å². The van der Waals surface area contributed by atoms with Crippen molar-refractivity contribution in [3.63, 3.8) is 0 Å². The zero-order valence-electron chi connectivity index (χ0n) is 12.7. The Balaban J connectivity index is 1.32. The fraction of sp³-hybridized carbons (Fsp3) is 1.00. The third-order valence-corrected chi connectivity index (χ3v) is 5.75. The molecule has 0 radical (unpaired) electrons. The van der Waals surface area contributed by atoms with E-state index >= 15 is 0 Å². The van der Waals surface area contributed by atoms with Gasteiger partial charge in [0.2, 0.25) is 0 Å². The number of fused-ring (bicyclic) bond motifs is 5. The lowest BCUT2D eigenvalue weighted by molar-refractivity contribution is 0.106. The maximum Gasteiger partial charge on any atom is 0.0489 e. The molecule has 2 nitrogen and oxygen atoms in total. The van der Waals surface area contributed by atoms with Crippen LogP contribution in [0, 0.1) is 29.6 Å². The van der Waals surface area contributed by atoms with Gasteiger partial charge < -0.3 is 10.1 Å². The summed E-state index contributed by atoms with van der Waals surface area (Å²) >= 11 is 0. The Morgan fingerprint density at radius 3 is 2.79 bits per heavy atom. The number of ether oxygens (including phenoxy) is 1. The minimum atomic E-state index is 0.665. The fourth-order valence-corrected chi connectivity index (χ4v) is 5.08. The molecule has 0 aromatic rings. The summed E-state index contributed by atoms with van der Waals surface area (Å²) in [6, 6.07) is 0.842. The maximum absolute atomic E-state index is 5.65. The van der Waals surface area contributed by atoms with Gasteiger partial charge in [-0.25, -0.2) is 0 Å². The van der Waals surface area contributed by atoms with E-state index in [0.29, 0.717) is 5.92 Å². The van der Waals surface area contributed by atoms with Crippen LogP contribution in [0.15, 0.2) is 0 Å². The molecule has 0 amide bonds. The van der Waals surface area contributed by atoms with Gasteiger partial charge in [0.25, 0.3) is 0 Å². The molecular formula is C17H31NO. The van der Waals surface area contributed by atoms with E-state index in [0.717, 1.165) is 49.5 Å². The second-order valence-electron chi connectivity index (χ2n) is 7.54. The highest BCUT2D eigenvalue weighted by molar-refractivity contribution is 5.05. The molecule has 3 aliphatic rings. The first-order valence-corrected chi connectivity index (χ1v) is 8.57. The normalized spacial score (nSPS) is 40.3. The molecule has 0 aromatic heterocycles. The van der Waals surface area contributed by atoms with Crippen LogP contribution >= 0.6 is 0 Å². The van der Waals surface area contributed by atoms with E-state index < -0.39 is 0 Å². The topological polar surface area (TPSA) is 21.3 Å². The van der Waals surface area contributed by atoms with Crippen molar-refractivity contribution in [1.29, 1.82) is 0 Å². The Labute approximate surface area is 118 Å². The monoisotopic (exact) mass is 265 g/mol. The molecule has 5 atom stereocenters. The van der Waals surface area contributed by atoms with Gasteiger partial charge in [0.15, 0.2) is 0 Å². The molecule has 3 aliphatic carbocycles. The lowest BCUT2D eigenvalue weighted by Crippen LogP contribution is -2.39. The third-order valence-electron chi connectivity index (χ3n) is 5.75. The largest absolute Gasteiger partial charge is 0.381 e. The van der Waals surface area contributed by atoms with Crippen LogP contribution in [0.3, 0.4) is 0 Å². The Bertz CT molecular complexity index is 291. The molecule has 3 fully saturated rings. The number of rotatable bonds is 7. The van der Waals surface area contributed by atoms with Crippen LogP contribution in [0.4, 0.5) is 0 Å². The van der Waals surface area contributed by atoms with Crippen LogP contribution in [0.25, 0.3) is 0 Å². The molecule has 3 saturated carbocycles. The minimum Gasteiger partial charge on any atom is -0.381 e. The summed E-state index contributed by atoms with van der Waals surface area (Å²) in [4.78, 5) is 0. The predicted molar refractivity (Wildman–Crippen MR) is 79.1 cm³/mol.